The number of hydrogen-bond acceptors (Lipinski definition) is 4. The van der Waals surface area contributed by atoms with E-state index in [2.05, 4.69) is 21.3 Å². The van der Waals surface area contributed by atoms with Crippen LogP contribution in [0.1, 0.15) is 10.4 Å². The second-order valence-corrected chi connectivity index (χ2v) is 6.22. The summed E-state index contributed by atoms with van der Waals surface area (Å²) >= 11 is 0. The van der Waals surface area contributed by atoms with Gasteiger partial charge in [0.2, 0.25) is 0 Å². The molecule has 5 N–H and O–H groups in total. The van der Waals surface area contributed by atoms with Crippen LogP contribution < -0.4 is 21.3 Å². The predicted molar refractivity (Wildman–Crippen MR) is 100 cm³/mol. The van der Waals surface area contributed by atoms with Crippen molar-refractivity contribution in [1.82, 2.24) is 10.6 Å². The van der Waals surface area contributed by atoms with E-state index in [0.29, 0.717) is 36.6 Å². The van der Waals surface area contributed by atoms with E-state index in [-0.39, 0.29) is 17.9 Å². The zero-order chi connectivity index (χ0) is 18.4. The second-order valence-electron chi connectivity index (χ2n) is 6.22. The van der Waals surface area contributed by atoms with Crippen molar-refractivity contribution in [2.75, 3.05) is 30.3 Å². The fourth-order valence-electron chi connectivity index (χ4n) is 2.77. The van der Waals surface area contributed by atoms with Crippen molar-refractivity contribution in [3.8, 4) is 0 Å². The number of urea groups is 1. The molecule has 7 heteroatoms. The summed E-state index contributed by atoms with van der Waals surface area (Å²) in [6.07, 6.45) is -0.426. The zero-order valence-electron chi connectivity index (χ0n) is 14.2. The maximum Gasteiger partial charge on any atom is 0.323 e. The highest BCUT2D eigenvalue weighted by Crippen LogP contribution is 2.12. The fraction of sp³-hybridized carbons (Fsp3) is 0.263. The van der Waals surface area contributed by atoms with Crippen molar-refractivity contribution in [2.45, 2.75) is 6.10 Å². The monoisotopic (exact) mass is 354 g/mol. The highest BCUT2D eigenvalue weighted by atomic mass is 16.3. The van der Waals surface area contributed by atoms with E-state index in [1.165, 1.54) is 0 Å². The lowest BCUT2D eigenvalue weighted by Crippen LogP contribution is -2.34. The van der Waals surface area contributed by atoms with Gasteiger partial charge in [-0.1, -0.05) is 18.2 Å². The summed E-state index contributed by atoms with van der Waals surface area (Å²) in [5.74, 6) is -0.175. The number of aliphatic hydroxyl groups is 1. The van der Waals surface area contributed by atoms with Crippen molar-refractivity contribution < 1.29 is 14.7 Å². The van der Waals surface area contributed by atoms with E-state index >= 15 is 0 Å². The van der Waals surface area contributed by atoms with Gasteiger partial charge in [-0.2, -0.15) is 0 Å². The maximum absolute atomic E-state index is 12.2. The molecule has 136 valence electrons. The summed E-state index contributed by atoms with van der Waals surface area (Å²) in [6, 6.07) is 15.4. The quantitative estimate of drug-likeness (QED) is 0.563. The molecule has 7 nitrogen and oxygen atoms in total. The Bertz CT molecular complexity index is 749. The van der Waals surface area contributed by atoms with Gasteiger partial charge >= 0.3 is 6.03 Å². The molecule has 1 aliphatic heterocycles. The molecule has 0 bridgehead atoms. The van der Waals surface area contributed by atoms with Gasteiger partial charge in [0.1, 0.15) is 0 Å². The van der Waals surface area contributed by atoms with Crippen LogP contribution in [0.3, 0.4) is 0 Å². The number of rotatable bonds is 5. The Labute approximate surface area is 151 Å². The Morgan fingerprint density at radius 1 is 0.962 bits per heavy atom. The molecule has 0 saturated carbocycles. The topological polar surface area (TPSA) is 102 Å². The summed E-state index contributed by atoms with van der Waals surface area (Å²) < 4.78 is 0. The molecule has 2 unspecified atom stereocenters. The van der Waals surface area contributed by atoms with Crippen LogP contribution in [0.2, 0.25) is 0 Å². The summed E-state index contributed by atoms with van der Waals surface area (Å²) in [7, 11) is 0. The summed E-state index contributed by atoms with van der Waals surface area (Å²) in [4.78, 5) is 24.1. The fourth-order valence-corrected chi connectivity index (χ4v) is 2.77. The number of hydrogen-bond donors (Lipinski definition) is 5. The lowest BCUT2D eigenvalue weighted by atomic mass is 10.1. The van der Waals surface area contributed by atoms with Crippen LogP contribution in [0.25, 0.3) is 0 Å². The number of β-amino-alcohol motifs (C(OH)–C–C–N with tert-alkyl or cyclic N) is 1. The van der Waals surface area contributed by atoms with Crippen molar-refractivity contribution in [1.29, 1.82) is 0 Å². The average molecular weight is 354 g/mol. The molecule has 0 spiro atoms. The van der Waals surface area contributed by atoms with Crippen LogP contribution in [-0.4, -0.2) is 42.8 Å². The van der Waals surface area contributed by atoms with Gasteiger partial charge in [0.05, 0.1) is 6.10 Å². The average Bonchev–Trinajstić information content (AvgIpc) is 3.06. The van der Waals surface area contributed by atoms with E-state index in [1.54, 1.807) is 36.4 Å². The van der Waals surface area contributed by atoms with Crippen molar-refractivity contribution in [2.24, 2.45) is 5.92 Å². The molecular formula is C19H22N4O3. The van der Waals surface area contributed by atoms with E-state index < -0.39 is 6.10 Å². The summed E-state index contributed by atoms with van der Waals surface area (Å²) in [5, 5.41) is 21.1. The Kier molecular flexibility index (Phi) is 5.83. The number of para-hydroxylation sites is 1. The van der Waals surface area contributed by atoms with Gasteiger partial charge in [-0.3, -0.25) is 4.79 Å². The summed E-state index contributed by atoms with van der Waals surface area (Å²) in [5.41, 5.74) is 1.79. The highest BCUT2D eigenvalue weighted by molar-refractivity contribution is 6.00. The van der Waals surface area contributed by atoms with Gasteiger partial charge < -0.3 is 26.4 Å². The Balaban J connectivity index is 1.49. The largest absolute Gasteiger partial charge is 0.391 e. The predicted octanol–water partition coefficient (Wildman–Crippen LogP) is 1.64. The lowest BCUT2D eigenvalue weighted by molar-refractivity contribution is 0.0927. The SMILES string of the molecule is O=C(Nc1ccccc1)Nc1ccc(C(=O)NCC2CNCC2O)cc1. The van der Waals surface area contributed by atoms with Crippen LogP contribution >= 0.6 is 0 Å². The number of carbonyl (C=O) groups is 2. The number of anilines is 2. The molecule has 2 aromatic rings. The molecule has 0 aliphatic carbocycles. The third-order valence-corrected chi connectivity index (χ3v) is 4.27. The minimum absolute atomic E-state index is 0.0292. The van der Waals surface area contributed by atoms with Gasteiger partial charge in [-0.25, -0.2) is 4.79 Å². The third kappa shape index (κ3) is 4.81. The number of benzene rings is 2. The Morgan fingerprint density at radius 3 is 2.23 bits per heavy atom. The van der Waals surface area contributed by atoms with E-state index in [4.69, 9.17) is 0 Å². The number of amides is 3. The van der Waals surface area contributed by atoms with Crippen molar-refractivity contribution >= 4 is 23.3 Å². The molecule has 0 radical (unpaired) electrons. The first kappa shape index (κ1) is 17.9. The molecule has 1 saturated heterocycles. The van der Waals surface area contributed by atoms with Gasteiger partial charge in [0.15, 0.2) is 0 Å². The second kappa shape index (κ2) is 8.46. The minimum Gasteiger partial charge on any atom is -0.391 e. The van der Waals surface area contributed by atoms with E-state index in [0.717, 1.165) is 0 Å². The van der Waals surface area contributed by atoms with Crippen LogP contribution in [0.15, 0.2) is 54.6 Å². The number of nitrogens with one attached hydrogen (secondary N) is 4. The normalized spacial score (nSPS) is 19.0. The molecular weight excluding hydrogens is 332 g/mol. The lowest BCUT2D eigenvalue weighted by Gasteiger charge is -2.14. The minimum atomic E-state index is -0.426. The molecule has 26 heavy (non-hydrogen) atoms. The molecule has 1 aliphatic rings. The highest BCUT2D eigenvalue weighted by Gasteiger charge is 2.25. The zero-order valence-corrected chi connectivity index (χ0v) is 14.2. The summed E-state index contributed by atoms with van der Waals surface area (Å²) in [6.45, 7) is 1.68. The standard InChI is InChI=1S/C19H22N4O3/c24-17-12-20-10-14(17)11-21-18(25)13-6-8-16(9-7-13)23-19(26)22-15-4-2-1-3-5-15/h1-9,14,17,20,24H,10-12H2,(H,21,25)(H2,22,23,26). The van der Waals surface area contributed by atoms with Crippen LogP contribution in [0.4, 0.5) is 16.2 Å². The first-order chi connectivity index (χ1) is 12.6. The number of carbonyl (C=O) groups excluding carboxylic acids is 2. The number of aliphatic hydroxyl groups excluding tert-OH is 1. The van der Waals surface area contributed by atoms with Crippen LogP contribution in [0, 0.1) is 5.92 Å². The molecule has 0 aromatic heterocycles. The molecule has 1 fully saturated rings. The molecule has 1 heterocycles. The molecule has 3 amide bonds. The van der Waals surface area contributed by atoms with Gasteiger partial charge in [0, 0.05) is 42.5 Å². The smallest absolute Gasteiger partial charge is 0.323 e. The Morgan fingerprint density at radius 2 is 1.62 bits per heavy atom. The van der Waals surface area contributed by atoms with Crippen LogP contribution in [0.5, 0.6) is 0 Å². The van der Waals surface area contributed by atoms with Gasteiger partial charge in [-0.15, -0.1) is 0 Å². The first-order valence-corrected chi connectivity index (χ1v) is 8.52. The molecule has 3 rings (SSSR count). The van der Waals surface area contributed by atoms with Crippen molar-refractivity contribution in [3.05, 3.63) is 60.2 Å². The van der Waals surface area contributed by atoms with E-state index in [1.807, 2.05) is 18.2 Å². The van der Waals surface area contributed by atoms with Gasteiger partial charge in [-0.05, 0) is 36.4 Å². The third-order valence-electron chi connectivity index (χ3n) is 4.27. The van der Waals surface area contributed by atoms with E-state index in [9.17, 15) is 14.7 Å². The molecule has 2 atom stereocenters. The van der Waals surface area contributed by atoms with Gasteiger partial charge in [0.25, 0.3) is 5.91 Å². The maximum atomic E-state index is 12.2. The molecule has 2 aromatic carbocycles. The van der Waals surface area contributed by atoms with Crippen LogP contribution in [-0.2, 0) is 0 Å². The Hall–Kier alpha value is -2.90. The van der Waals surface area contributed by atoms with Crippen molar-refractivity contribution in [3.63, 3.8) is 0 Å². The first-order valence-electron chi connectivity index (χ1n) is 8.52.